The maximum Gasteiger partial charge on any atom is 0.0281 e. The van der Waals surface area contributed by atoms with E-state index in [-0.39, 0.29) is 0 Å². The van der Waals surface area contributed by atoms with E-state index in [1.807, 2.05) is 0 Å². The molecule has 0 saturated heterocycles. The fourth-order valence-electron chi connectivity index (χ4n) is 3.71. The van der Waals surface area contributed by atoms with Gasteiger partial charge >= 0.3 is 0 Å². The van der Waals surface area contributed by atoms with Crippen LogP contribution in [0.25, 0.3) is 0 Å². The van der Waals surface area contributed by atoms with Crippen molar-refractivity contribution in [1.82, 2.24) is 0 Å². The fourth-order valence-corrected chi connectivity index (χ4v) is 3.71. The van der Waals surface area contributed by atoms with E-state index in [1.165, 1.54) is 56.2 Å². The Balaban J connectivity index is 1.84. The van der Waals surface area contributed by atoms with Gasteiger partial charge in [0.1, 0.15) is 0 Å². The summed E-state index contributed by atoms with van der Waals surface area (Å²) in [6.45, 7) is 2.21. The first-order valence-corrected chi connectivity index (χ1v) is 6.01. The van der Waals surface area contributed by atoms with Gasteiger partial charge < -0.3 is 0 Å². The van der Waals surface area contributed by atoms with Gasteiger partial charge in [-0.1, -0.05) is 12.8 Å². The van der Waals surface area contributed by atoms with E-state index in [0.717, 1.165) is 5.92 Å². The van der Waals surface area contributed by atoms with E-state index in [9.17, 15) is 0 Å². The zero-order chi connectivity index (χ0) is 9.60. The molecule has 2 atom stereocenters. The smallest absolute Gasteiger partial charge is 0.0281 e. The topological polar surface area (TPSA) is 12.4 Å². The van der Waals surface area contributed by atoms with Crippen molar-refractivity contribution in [3.05, 3.63) is 11.8 Å². The van der Waals surface area contributed by atoms with Gasteiger partial charge in [-0.3, -0.25) is 4.99 Å². The number of rotatable bonds is 1. The molecule has 2 saturated carbocycles. The Bertz CT molecular complexity index is 309. The van der Waals surface area contributed by atoms with Gasteiger partial charge in [0.05, 0.1) is 0 Å². The Morgan fingerprint density at radius 1 is 1.36 bits per heavy atom. The number of hydrogen-bond donors (Lipinski definition) is 0. The van der Waals surface area contributed by atoms with Gasteiger partial charge in [-0.15, -0.1) is 0 Å². The normalized spacial score (nSPS) is 41.1. The zero-order valence-electron chi connectivity index (χ0n) is 9.05. The summed E-state index contributed by atoms with van der Waals surface area (Å²) in [7, 11) is 0. The van der Waals surface area contributed by atoms with Gasteiger partial charge in [-0.05, 0) is 44.1 Å². The Morgan fingerprint density at radius 2 is 2.29 bits per heavy atom. The van der Waals surface area contributed by atoms with Crippen molar-refractivity contribution < 1.29 is 0 Å². The number of fused-ring (bicyclic) bond motifs is 2. The predicted molar refractivity (Wildman–Crippen MR) is 59.4 cm³/mol. The second kappa shape index (κ2) is 2.95. The minimum absolute atomic E-state index is 0.553. The zero-order valence-corrected chi connectivity index (χ0v) is 9.05. The van der Waals surface area contributed by atoms with Gasteiger partial charge in [0.25, 0.3) is 0 Å². The molecule has 1 heteroatoms. The maximum atomic E-state index is 4.66. The fraction of sp³-hybridized carbons (Fsp3) is 0.769. The highest BCUT2D eigenvalue weighted by atomic mass is 14.8. The molecule has 0 aromatic rings. The number of hydrogen-bond acceptors (Lipinski definition) is 1. The van der Waals surface area contributed by atoms with Crippen LogP contribution in [-0.2, 0) is 0 Å². The van der Waals surface area contributed by atoms with Gasteiger partial charge in [-0.2, -0.15) is 0 Å². The lowest BCUT2D eigenvalue weighted by atomic mass is 9.71. The molecule has 1 nitrogen and oxygen atoms in total. The molecule has 2 unspecified atom stereocenters. The molecule has 0 radical (unpaired) electrons. The SMILES string of the molecule is CC1=CN=C(C23CCCC(CC2)C3)C1. The van der Waals surface area contributed by atoms with Crippen LogP contribution in [-0.4, -0.2) is 5.71 Å². The van der Waals surface area contributed by atoms with Crippen LogP contribution in [0.15, 0.2) is 16.8 Å². The second-order valence-electron chi connectivity index (χ2n) is 5.51. The quantitative estimate of drug-likeness (QED) is 0.596. The van der Waals surface area contributed by atoms with Crippen molar-refractivity contribution in [2.75, 3.05) is 0 Å². The lowest BCUT2D eigenvalue weighted by molar-refractivity contribution is 0.297. The molecule has 0 aromatic carbocycles. The highest BCUT2D eigenvalue weighted by Gasteiger charge is 2.45. The van der Waals surface area contributed by atoms with E-state index < -0.39 is 0 Å². The molecule has 0 amide bonds. The predicted octanol–water partition coefficient (Wildman–Crippen LogP) is 3.71. The van der Waals surface area contributed by atoms with E-state index in [1.54, 1.807) is 0 Å². The summed E-state index contributed by atoms with van der Waals surface area (Å²) in [5, 5.41) is 0. The van der Waals surface area contributed by atoms with Gasteiger partial charge in [0, 0.05) is 23.7 Å². The molecule has 3 aliphatic rings. The third-order valence-corrected chi connectivity index (χ3v) is 4.48. The molecule has 2 bridgehead atoms. The average Bonchev–Trinajstić information content (AvgIpc) is 2.73. The van der Waals surface area contributed by atoms with E-state index in [4.69, 9.17) is 0 Å². The van der Waals surface area contributed by atoms with Crippen molar-refractivity contribution in [1.29, 1.82) is 0 Å². The molecule has 2 aliphatic carbocycles. The van der Waals surface area contributed by atoms with Crippen molar-refractivity contribution in [2.24, 2.45) is 16.3 Å². The van der Waals surface area contributed by atoms with Crippen molar-refractivity contribution in [2.45, 2.75) is 51.9 Å². The Labute approximate surface area is 86.3 Å². The summed E-state index contributed by atoms with van der Waals surface area (Å²) in [4.78, 5) is 4.66. The molecular weight excluding hydrogens is 170 g/mol. The van der Waals surface area contributed by atoms with Crippen LogP contribution in [0.5, 0.6) is 0 Å². The van der Waals surface area contributed by atoms with Crippen LogP contribution < -0.4 is 0 Å². The van der Waals surface area contributed by atoms with Crippen molar-refractivity contribution >= 4 is 5.71 Å². The van der Waals surface area contributed by atoms with E-state index in [0.29, 0.717) is 5.41 Å². The van der Waals surface area contributed by atoms with Crippen LogP contribution in [0.3, 0.4) is 0 Å². The Morgan fingerprint density at radius 3 is 3.07 bits per heavy atom. The number of aliphatic imine (C=N–C) groups is 1. The second-order valence-corrected chi connectivity index (χ2v) is 5.51. The third kappa shape index (κ3) is 1.18. The standard InChI is InChI=1S/C13H19N/c1-10-7-12(14-9-10)13-5-2-3-11(8-13)4-6-13/h9,11H,2-8H2,1H3. The summed E-state index contributed by atoms with van der Waals surface area (Å²) in [6.07, 6.45) is 12.0. The average molecular weight is 189 g/mol. The van der Waals surface area contributed by atoms with E-state index in [2.05, 4.69) is 18.1 Å². The summed E-state index contributed by atoms with van der Waals surface area (Å²) in [5.41, 5.74) is 3.54. The highest BCUT2D eigenvalue weighted by molar-refractivity contribution is 5.94. The van der Waals surface area contributed by atoms with Crippen LogP contribution in [0, 0.1) is 11.3 Å². The molecule has 0 spiro atoms. The summed E-state index contributed by atoms with van der Waals surface area (Å²) < 4.78 is 0. The van der Waals surface area contributed by atoms with Gasteiger partial charge in [-0.25, -0.2) is 0 Å². The molecule has 0 N–H and O–H groups in total. The van der Waals surface area contributed by atoms with E-state index >= 15 is 0 Å². The first kappa shape index (κ1) is 8.70. The van der Waals surface area contributed by atoms with Crippen LogP contribution in [0.2, 0.25) is 0 Å². The Kier molecular flexibility index (Phi) is 1.83. The highest BCUT2D eigenvalue weighted by Crippen LogP contribution is 2.53. The number of nitrogens with zero attached hydrogens (tertiary/aromatic N) is 1. The van der Waals surface area contributed by atoms with Crippen LogP contribution >= 0.6 is 0 Å². The molecule has 2 fully saturated rings. The summed E-state index contributed by atoms with van der Waals surface area (Å²) >= 11 is 0. The van der Waals surface area contributed by atoms with Crippen molar-refractivity contribution in [3.8, 4) is 0 Å². The van der Waals surface area contributed by atoms with Gasteiger partial charge in [0.2, 0.25) is 0 Å². The first-order valence-electron chi connectivity index (χ1n) is 6.01. The molecule has 3 rings (SSSR count). The lowest BCUT2D eigenvalue weighted by Gasteiger charge is -2.33. The Hall–Kier alpha value is -0.590. The summed E-state index contributed by atoms with van der Waals surface area (Å²) in [6, 6.07) is 0. The molecule has 1 aliphatic heterocycles. The molecule has 76 valence electrons. The van der Waals surface area contributed by atoms with Crippen LogP contribution in [0.4, 0.5) is 0 Å². The molecule has 1 heterocycles. The first-order chi connectivity index (χ1) is 6.78. The number of allylic oxidation sites excluding steroid dienone is 1. The summed E-state index contributed by atoms with van der Waals surface area (Å²) in [5.74, 6) is 1.03. The largest absolute Gasteiger partial charge is 0.265 e. The molecule has 0 aromatic heterocycles. The molecular formula is C13H19N. The maximum absolute atomic E-state index is 4.66. The van der Waals surface area contributed by atoms with Crippen LogP contribution in [0.1, 0.15) is 51.9 Å². The van der Waals surface area contributed by atoms with Crippen molar-refractivity contribution in [3.63, 3.8) is 0 Å². The van der Waals surface area contributed by atoms with Gasteiger partial charge in [0.15, 0.2) is 0 Å². The minimum atomic E-state index is 0.553. The molecule has 14 heavy (non-hydrogen) atoms. The lowest BCUT2D eigenvalue weighted by Crippen LogP contribution is -2.30. The minimum Gasteiger partial charge on any atom is -0.265 e. The monoisotopic (exact) mass is 189 g/mol. The third-order valence-electron chi connectivity index (χ3n) is 4.48.